The number of hydrogen-bond donors (Lipinski definition) is 1. The molecular weight excluding hydrogens is 418 g/mol. The fraction of sp³-hybridized carbons (Fsp3) is 0.444. The number of nitrogens with zero attached hydrogens (tertiary/aromatic N) is 1. The molecule has 0 spiro atoms. The van der Waals surface area contributed by atoms with Crippen molar-refractivity contribution in [1.82, 2.24) is 4.57 Å². The van der Waals surface area contributed by atoms with Crippen LogP contribution in [0, 0.1) is 0 Å². The normalized spacial score (nSPS) is 12.0. The van der Waals surface area contributed by atoms with Gasteiger partial charge in [0.25, 0.3) is 0 Å². The standard InChI is InChI=1S/C27H35NO5/c1-3-4-5-6-7-8-17-32-24-10-12-25(13-11-24)33-20-23(29)19-28-16-15-21-18-22(27(30)31-2)9-14-26(21)28/h9-16,18,23,29H,3-8,17,19-20H2,1-2H3. The molecule has 0 radical (unpaired) electrons. The average molecular weight is 454 g/mol. The first kappa shape index (κ1) is 24.6. The van der Waals surface area contributed by atoms with Gasteiger partial charge >= 0.3 is 5.97 Å². The predicted octanol–water partition coefficient (Wildman–Crippen LogP) is 5.61. The van der Waals surface area contributed by atoms with Crippen LogP contribution >= 0.6 is 0 Å². The van der Waals surface area contributed by atoms with E-state index in [1.54, 1.807) is 12.1 Å². The van der Waals surface area contributed by atoms with Crippen LogP contribution in [0.3, 0.4) is 0 Å². The highest BCUT2D eigenvalue weighted by Crippen LogP contribution is 2.20. The highest BCUT2D eigenvalue weighted by atomic mass is 16.5. The van der Waals surface area contributed by atoms with Gasteiger partial charge in [0.1, 0.15) is 24.2 Å². The molecule has 3 rings (SSSR count). The Morgan fingerprint density at radius 1 is 0.939 bits per heavy atom. The number of esters is 1. The molecule has 6 nitrogen and oxygen atoms in total. The SMILES string of the molecule is CCCCCCCCOc1ccc(OCC(O)Cn2ccc3cc(C(=O)OC)ccc32)cc1. The van der Waals surface area contributed by atoms with Crippen molar-refractivity contribution in [2.75, 3.05) is 20.3 Å². The molecule has 0 aliphatic carbocycles. The third-order valence-electron chi connectivity index (χ3n) is 5.63. The van der Waals surface area contributed by atoms with E-state index in [0.717, 1.165) is 29.7 Å². The van der Waals surface area contributed by atoms with Gasteiger partial charge in [-0.2, -0.15) is 0 Å². The number of carbonyl (C=O) groups is 1. The van der Waals surface area contributed by atoms with E-state index in [-0.39, 0.29) is 12.6 Å². The molecule has 0 fully saturated rings. The van der Waals surface area contributed by atoms with Crippen LogP contribution in [-0.2, 0) is 11.3 Å². The summed E-state index contributed by atoms with van der Waals surface area (Å²) in [5.41, 5.74) is 1.44. The molecule has 178 valence electrons. The summed E-state index contributed by atoms with van der Waals surface area (Å²) in [5.74, 6) is 1.17. The molecule has 33 heavy (non-hydrogen) atoms. The largest absolute Gasteiger partial charge is 0.494 e. The number of rotatable bonds is 14. The van der Waals surface area contributed by atoms with E-state index in [2.05, 4.69) is 6.92 Å². The summed E-state index contributed by atoms with van der Waals surface area (Å²) < 4.78 is 18.3. The number of aliphatic hydroxyl groups is 1. The topological polar surface area (TPSA) is 69.9 Å². The fourth-order valence-electron chi connectivity index (χ4n) is 3.78. The highest BCUT2D eigenvalue weighted by Gasteiger charge is 2.11. The van der Waals surface area contributed by atoms with Gasteiger partial charge in [-0.25, -0.2) is 4.79 Å². The molecule has 2 aromatic carbocycles. The Hall–Kier alpha value is -2.99. The Morgan fingerprint density at radius 2 is 1.64 bits per heavy atom. The van der Waals surface area contributed by atoms with Gasteiger partial charge in [-0.3, -0.25) is 0 Å². The Bertz CT molecular complexity index is 995. The van der Waals surface area contributed by atoms with Crippen LogP contribution in [0.4, 0.5) is 0 Å². The van der Waals surface area contributed by atoms with Crippen molar-refractivity contribution in [2.24, 2.45) is 0 Å². The lowest BCUT2D eigenvalue weighted by Crippen LogP contribution is -2.23. The highest BCUT2D eigenvalue weighted by molar-refractivity contribution is 5.94. The molecule has 0 aliphatic heterocycles. The number of fused-ring (bicyclic) bond motifs is 1. The zero-order valence-electron chi connectivity index (χ0n) is 19.7. The maximum Gasteiger partial charge on any atom is 0.337 e. The second kappa shape index (κ2) is 12.9. The van der Waals surface area contributed by atoms with Crippen molar-refractivity contribution in [2.45, 2.75) is 58.1 Å². The molecular formula is C27H35NO5. The zero-order chi connectivity index (χ0) is 23.5. The Morgan fingerprint density at radius 3 is 2.36 bits per heavy atom. The molecule has 1 atom stereocenters. The number of benzene rings is 2. The van der Waals surface area contributed by atoms with Crippen LogP contribution in [0.15, 0.2) is 54.7 Å². The number of ether oxygens (including phenoxy) is 3. The zero-order valence-corrected chi connectivity index (χ0v) is 19.7. The van der Waals surface area contributed by atoms with Crippen LogP contribution in [-0.4, -0.2) is 42.1 Å². The number of aliphatic hydroxyl groups excluding tert-OH is 1. The third-order valence-corrected chi connectivity index (χ3v) is 5.63. The number of unbranched alkanes of at least 4 members (excludes halogenated alkanes) is 5. The van der Waals surface area contributed by atoms with Gasteiger partial charge in [0.2, 0.25) is 0 Å². The quantitative estimate of drug-likeness (QED) is 0.254. The van der Waals surface area contributed by atoms with E-state index < -0.39 is 6.10 Å². The lowest BCUT2D eigenvalue weighted by molar-refractivity contribution is 0.0601. The van der Waals surface area contributed by atoms with E-state index in [1.165, 1.54) is 39.2 Å². The minimum absolute atomic E-state index is 0.178. The summed E-state index contributed by atoms with van der Waals surface area (Å²) in [7, 11) is 1.37. The van der Waals surface area contributed by atoms with E-state index in [4.69, 9.17) is 14.2 Å². The Kier molecular flexibility index (Phi) is 9.63. The van der Waals surface area contributed by atoms with Gasteiger partial charge in [0.15, 0.2) is 0 Å². The van der Waals surface area contributed by atoms with Crippen LogP contribution in [0.5, 0.6) is 11.5 Å². The summed E-state index contributed by atoms with van der Waals surface area (Å²) in [5, 5.41) is 11.4. The Labute approximate surface area is 196 Å². The third kappa shape index (κ3) is 7.53. The monoisotopic (exact) mass is 453 g/mol. The average Bonchev–Trinajstić information content (AvgIpc) is 3.24. The van der Waals surface area contributed by atoms with Crippen molar-refractivity contribution in [1.29, 1.82) is 0 Å². The molecule has 0 bridgehead atoms. The van der Waals surface area contributed by atoms with E-state index in [9.17, 15) is 9.90 Å². The molecule has 1 heterocycles. The predicted molar refractivity (Wildman–Crippen MR) is 130 cm³/mol. The fourth-order valence-corrected chi connectivity index (χ4v) is 3.78. The van der Waals surface area contributed by atoms with Crippen molar-refractivity contribution < 1.29 is 24.1 Å². The van der Waals surface area contributed by atoms with Crippen molar-refractivity contribution in [3.63, 3.8) is 0 Å². The molecule has 0 saturated heterocycles. The molecule has 0 aliphatic rings. The summed E-state index contributed by atoms with van der Waals surface area (Å²) >= 11 is 0. The van der Waals surface area contributed by atoms with Gasteiger partial charge in [0.05, 0.1) is 25.8 Å². The molecule has 1 N–H and O–H groups in total. The van der Waals surface area contributed by atoms with Gasteiger partial charge < -0.3 is 23.9 Å². The van der Waals surface area contributed by atoms with Crippen molar-refractivity contribution >= 4 is 16.9 Å². The number of methoxy groups -OCH3 is 1. The van der Waals surface area contributed by atoms with Crippen LogP contribution in [0.2, 0.25) is 0 Å². The minimum Gasteiger partial charge on any atom is -0.494 e. The number of carbonyl (C=O) groups excluding carboxylic acids is 1. The van der Waals surface area contributed by atoms with E-state index in [0.29, 0.717) is 17.9 Å². The Balaban J connectivity index is 1.41. The van der Waals surface area contributed by atoms with Gasteiger partial charge in [-0.05, 0) is 55.0 Å². The second-order valence-corrected chi connectivity index (χ2v) is 8.29. The second-order valence-electron chi connectivity index (χ2n) is 8.29. The number of aromatic nitrogens is 1. The van der Waals surface area contributed by atoms with Crippen LogP contribution in [0.25, 0.3) is 10.9 Å². The summed E-state index contributed by atoms with van der Waals surface area (Å²) in [4.78, 5) is 11.7. The van der Waals surface area contributed by atoms with Crippen LogP contribution < -0.4 is 9.47 Å². The van der Waals surface area contributed by atoms with Crippen molar-refractivity contribution in [3.8, 4) is 11.5 Å². The minimum atomic E-state index is -0.676. The number of hydrogen-bond acceptors (Lipinski definition) is 5. The lowest BCUT2D eigenvalue weighted by atomic mass is 10.1. The van der Waals surface area contributed by atoms with Gasteiger partial charge in [-0.15, -0.1) is 0 Å². The summed E-state index contributed by atoms with van der Waals surface area (Å²) in [6.07, 6.45) is 8.68. The van der Waals surface area contributed by atoms with Crippen molar-refractivity contribution in [3.05, 3.63) is 60.3 Å². The molecule has 0 amide bonds. The van der Waals surface area contributed by atoms with E-state index >= 15 is 0 Å². The first-order chi connectivity index (χ1) is 16.1. The summed E-state index contributed by atoms with van der Waals surface area (Å²) in [6.45, 7) is 3.53. The van der Waals surface area contributed by atoms with Crippen LogP contribution in [0.1, 0.15) is 55.8 Å². The maximum atomic E-state index is 11.7. The summed E-state index contributed by atoms with van der Waals surface area (Å²) in [6, 6.07) is 14.8. The molecule has 1 aromatic heterocycles. The van der Waals surface area contributed by atoms with Gasteiger partial charge in [-0.1, -0.05) is 39.0 Å². The molecule has 0 saturated carbocycles. The molecule has 1 unspecified atom stereocenters. The van der Waals surface area contributed by atoms with Gasteiger partial charge in [0, 0.05) is 17.1 Å². The lowest BCUT2D eigenvalue weighted by Gasteiger charge is -2.14. The maximum absolute atomic E-state index is 11.7. The van der Waals surface area contributed by atoms with E-state index in [1.807, 2.05) is 47.2 Å². The first-order valence-corrected chi connectivity index (χ1v) is 11.8. The first-order valence-electron chi connectivity index (χ1n) is 11.8. The smallest absolute Gasteiger partial charge is 0.337 e. The molecule has 3 aromatic rings. The molecule has 6 heteroatoms.